The van der Waals surface area contributed by atoms with E-state index < -0.39 is 0 Å². The highest BCUT2D eigenvalue weighted by atomic mass is 16.3. The zero-order valence-electron chi connectivity index (χ0n) is 13.9. The van der Waals surface area contributed by atoms with Crippen LogP contribution in [0.2, 0.25) is 0 Å². The molecule has 1 saturated heterocycles. The van der Waals surface area contributed by atoms with Gasteiger partial charge in [0.1, 0.15) is 0 Å². The Kier molecular flexibility index (Phi) is 5.34. The third-order valence-electron chi connectivity index (χ3n) is 5.16. The maximum absolute atomic E-state index is 12.5. The van der Waals surface area contributed by atoms with Gasteiger partial charge in [-0.25, -0.2) is 0 Å². The van der Waals surface area contributed by atoms with Crippen molar-refractivity contribution >= 4 is 5.91 Å². The van der Waals surface area contributed by atoms with E-state index in [0.717, 1.165) is 25.9 Å². The van der Waals surface area contributed by atoms with E-state index >= 15 is 0 Å². The van der Waals surface area contributed by atoms with Crippen LogP contribution in [0.25, 0.3) is 0 Å². The number of likely N-dealkylation sites (tertiary alicyclic amines) is 1. The molecule has 1 aromatic rings. The van der Waals surface area contributed by atoms with Gasteiger partial charge in [-0.05, 0) is 56.6 Å². The number of nitrogens with zero attached hydrogens (tertiary/aromatic N) is 1. The Morgan fingerprint density at radius 1 is 1.26 bits per heavy atom. The van der Waals surface area contributed by atoms with Crippen LogP contribution in [-0.4, -0.2) is 41.7 Å². The number of carbonyl (C=O) groups excluding carboxylic acids is 1. The molecule has 0 aromatic heterocycles. The second-order valence-corrected chi connectivity index (χ2v) is 7.17. The molecule has 1 saturated carbocycles. The molecule has 3 rings (SSSR count). The van der Waals surface area contributed by atoms with Gasteiger partial charge in [-0.2, -0.15) is 0 Å². The number of aliphatic hydroxyl groups is 1. The maximum atomic E-state index is 12.5. The van der Waals surface area contributed by atoms with Gasteiger partial charge in [-0.15, -0.1) is 0 Å². The number of hydrogen-bond donors (Lipinski definition) is 2. The lowest BCUT2D eigenvalue weighted by Crippen LogP contribution is -2.45. The summed E-state index contributed by atoms with van der Waals surface area (Å²) in [5.74, 6) is 0.995. The molecule has 23 heavy (non-hydrogen) atoms. The van der Waals surface area contributed by atoms with Crippen LogP contribution in [0.3, 0.4) is 0 Å². The van der Waals surface area contributed by atoms with E-state index in [9.17, 15) is 9.90 Å². The molecule has 1 heterocycles. The van der Waals surface area contributed by atoms with Crippen LogP contribution in [0.4, 0.5) is 0 Å². The number of benzene rings is 1. The van der Waals surface area contributed by atoms with Crippen molar-refractivity contribution in [1.29, 1.82) is 0 Å². The topological polar surface area (TPSA) is 52.6 Å². The standard InChI is InChI=1S/C19H28N2O2/c1-14(22)17-8-5-11-21(12-17)13-18(23)20-19(16-9-10-16)15-6-3-2-4-7-15/h2-4,6-7,14,16-17,19,22H,5,8-13H2,1H3,(H,20,23). The van der Waals surface area contributed by atoms with E-state index in [1.807, 2.05) is 25.1 Å². The number of hydrogen-bond acceptors (Lipinski definition) is 3. The van der Waals surface area contributed by atoms with Crippen LogP contribution in [0.1, 0.15) is 44.2 Å². The average Bonchev–Trinajstić information content (AvgIpc) is 3.38. The molecule has 2 N–H and O–H groups in total. The number of piperidine rings is 1. The fourth-order valence-corrected chi connectivity index (χ4v) is 3.61. The van der Waals surface area contributed by atoms with Gasteiger partial charge in [-0.1, -0.05) is 30.3 Å². The molecular formula is C19H28N2O2. The normalized spacial score (nSPS) is 24.9. The molecule has 4 heteroatoms. The first-order valence-corrected chi connectivity index (χ1v) is 8.88. The van der Waals surface area contributed by atoms with Crippen LogP contribution >= 0.6 is 0 Å². The summed E-state index contributed by atoms with van der Waals surface area (Å²) in [5, 5.41) is 13.0. The molecule has 1 aliphatic carbocycles. The van der Waals surface area contributed by atoms with Crippen molar-refractivity contribution in [1.82, 2.24) is 10.2 Å². The van der Waals surface area contributed by atoms with Crippen molar-refractivity contribution in [2.75, 3.05) is 19.6 Å². The summed E-state index contributed by atoms with van der Waals surface area (Å²) in [4.78, 5) is 14.7. The van der Waals surface area contributed by atoms with E-state index in [1.54, 1.807) is 0 Å². The predicted molar refractivity (Wildman–Crippen MR) is 90.9 cm³/mol. The summed E-state index contributed by atoms with van der Waals surface area (Å²) < 4.78 is 0. The van der Waals surface area contributed by atoms with Crippen LogP contribution < -0.4 is 5.32 Å². The van der Waals surface area contributed by atoms with Crippen LogP contribution in [-0.2, 0) is 4.79 Å². The second-order valence-electron chi connectivity index (χ2n) is 7.17. The molecule has 3 unspecified atom stereocenters. The third kappa shape index (κ3) is 4.55. The van der Waals surface area contributed by atoms with E-state index in [0.29, 0.717) is 18.4 Å². The van der Waals surface area contributed by atoms with Crippen molar-refractivity contribution in [3.05, 3.63) is 35.9 Å². The number of amides is 1. The fraction of sp³-hybridized carbons (Fsp3) is 0.632. The smallest absolute Gasteiger partial charge is 0.234 e. The highest BCUT2D eigenvalue weighted by Gasteiger charge is 2.34. The monoisotopic (exact) mass is 316 g/mol. The van der Waals surface area contributed by atoms with E-state index in [2.05, 4.69) is 22.3 Å². The maximum Gasteiger partial charge on any atom is 0.234 e. The average molecular weight is 316 g/mol. The van der Waals surface area contributed by atoms with E-state index in [1.165, 1.54) is 18.4 Å². The van der Waals surface area contributed by atoms with Crippen LogP contribution in [0.5, 0.6) is 0 Å². The number of carbonyl (C=O) groups is 1. The minimum absolute atomic E-state index is 0.108. The van der Waals surface area contributed by atoms with Crippen molar-refractivity contribution < 1.29 is 9.90 Å². The van der Waals surface area contributed by atoms with E-state index in [-0.39, 0.29) is 18.1 Å². The van der Waals surface area contributed by atoms with Crippen LogP contribution in [0.15, 0.2) is 30.3 Å². The Hall–Kier alpha value is -1.39. The fourth-order valence-electron chi connectivity index (χ4n) is 3.61. The SMILES string of the molecule is CC(O)C1CCCN(CC(=O)NC(c2ccccc2)C2CC2)C1. The predicted octanol–water partition coefficient (Wildman–Crippen LogP) is 2.35. The Bertz CT molecular complexity index is 513. The highest BCUT2D eigenvalue weighted by molar-refractivity contribution is 5.78. The largest absolute Gasteiger partial charge is 0.393 e. The Morgan fingerprint density at radius 3 is 2.65 bits per heavy atom. The number of rotatable bonds is 6. The Morgan fingerprint density at radius 2 is 2.00 bits per heavy atom. The molecule has 4 nitrogen and oxygen atoms in total. The molecule has 0 spiro atoms. The first-order valence-electron chi connectivity index (χ1n) is 8.88. The summed E-state index contributed by atoms with van der Waals surface area (Å²) in [7, 11) is 0. The zero-order chi connectivity index (χ0) is 16.2. The van der Waals surface area contributed by atoms with Crippen molar-refractivity contribution in [3.63, 3.8) is 0 Å². The molecule has 3 atom stereocenters. The summed E-state index contributed by atoms with van der Waals surface area (Å²) in [6.07, 6.45) is 4.24. The summed E-state index contributed by atoms with van der Waals surface area (Å²) in [5.41, 5.74) is 1.21. The van der Waals surface area contributed by atoms with E-state index in [4.69, 9.17) is 0 Å². The van der Waals surface area contributed by atoms with Gasteiger partial charge >= 0.3 is 0 Å². The quantitative estimate of drug-likeness (QED) is 0.847. The third-order valence-corrected chi connectivity index (χ3v) is 5.16. The van der Waals surface area contributed by atoms with Crippen molar-refractivity contribution in [2.24, 2.45) is 11.8 Å². The van der Waals surface area contributed by atoms with Gasteiger partial charge in [0, 0.05) is 6.54 Å². The molecule has 2 fully saturated rings. The first-order chi connectivity index (χ1) is 11.1. The van der Waals surface area contributed by atoms with Gasteiger partial charge in [-0.3, -0.25) is 9.69 Å². The van der Waals surface area contributed by atoms with Gasteiger partial charge < -0.3 is 10.4 Å². The molecule has 126 valence electrons. The lowest BCUT2D eigenvalue weighted by molar-refractivity contribution is -0.123. The Balaban J connectivity index is 1.55. The number of nitrogens with one attached hydrogen (secondary N) is 1. The molecule has 2 aliphatic rings. The zero-order valence-corrected chi connectivity index (χ0v) is 13.9. The molecule has 0 radical (unpaired) electrons. The minimum atomic E-state index is -0.288. The molecule has 1 amide bonds. The lowest BCUT2D eigenvalue weighted by Gasteiger charge is -2.34. The van der Waals surface area contributed by atoms with Crippen molar-refractivity contribution in [3.8, 4) is 0 Å². The first kappa shape index (κ1) is 16.5. The molecule has 1 aromatic carbocycles. The van der Waals surface area contributed by atoms with Gasteiger partial charge in [0.15, 0.2) is 0 Å². The summed E-state index contributed by atoms with van der Waals surface area (Å²) in [6.45, 7) is 4.08. The Labute approximate surface area is 138 Å². The minimum Gasteiger partial charge on any atom is -0.393 e. The highest BCUT2D eigenvalue weighted by Crippen LogP contribution is 2.40. The summed E-state index contributed by atoms with van der Waals surface area (Å²) >= 11 is 0. The molecule has 1 aliphatic heterocycles. The van der Waals surface area contributed by atoms with Crippen LogP contribution in [0, 0.1) is 11.8 Å². The van der Waals surface area contributed by atoms with Gasteiger partial charge in [0.25, 0.3) is 0 Å². The lowest BCUT2D eigenvalue weighted by atomic mass is 9.93. The molecule has 0 bridgehead atoms. The van der Waals surface area contributed by atoms with Crippen molar-refractivity contribution in [2.45, 2.75) is 44.8 Å². The number of aliphatic hydroxyl groups excluding tert-OH is 1. The summed E-state index contributed by atoms with van der Waals surface area (Å²) in [6, 6.07) is 10.4. The molecular weight excluding hydrogens is 288 g/mol. The van der Waals surface area contributed by atoms with Gasteiger partial charge in [0.05, 0.1) is 18.7 Å². The van der Waals surface area contributed by atoms with Gasteiger partial charge in [0.2, 0.25) is 5.91 Å². The second kappa shape index (κ2) is 7.45.